The number of nitrogen functional groups attached to an aromatic ring is 1. The Bertz CT molecular complexity index is 444. The van der Waals surface area contributed by atoms with E-state index in [9.17, 15) is 9.59 Å². The largest absolute Gasteiger partial charge is 0.398 e. The van der Waals surface area contributed by atoms with Gasteiger partial charge in [0.05, 0.1) is 0 Å². The summed E-state index contributed by atoms with van der Waals surface area (Å²) in [7, 11) is 0. The van der Waals surface area contributed by atoms with Crippen LogP contribution in [-0.4, -0.2) is 18.4 Å². The number of hydrogen-bond donors (Lipinski definition) is 3. The first-order chi connectivity index (χ1) is 8.52. The van der Waals surface area contributed by atoms with Gasteiger partial charge in [-0.25, -0.2) is 0 Å². The van der Waals surface area contributed by atoms with E-state index < -0.39 is 0 Å². The minimum atomic E-state index is -0.312. The number of benzene rings is 1. The second-order valence-corrected chi connectivity index (χ2v) is 4.20. The molecule has 1 rings (SSSR count). The predicted octanol–water partition coefficient (Wildman–Crippen LogP) is 0.963. The molecule has 98 valence electrons. The molecule has 0 bridgehead atoms. The lowest BCUT2D eigenvalue weighted by atomic mass is 10.1. The molecule has 0 atom stereocenters. The van der Waals surface area contributed by atoms with E-state index in [0.717, 1.165) is 12.0 Å². The molecule has 18 heavy (non-hydrogen) atoms. The molecule has 0 saturated carbocycles. The van der Waals surface area contributed by atoms with Crippen molar-refractivity contribution in [2.45, 2.75) is 26.2 Å². The van der Waals surface area contributed by atoms with Crippen molar-refractivity contribution >= 4 is 17.5 Å². The summed E-state index contributed by atoms with van der Waals surface area (Å²) in [5.74, 6) is -0.452. The van der Waals surface area contributed by atoms with Crippen LogP contribution in [-0.2, 0) is 4.79 Å². The third kappa shape index (κ3) is 4.08. The van der Waals surface area contributed by atoms with Crippen molar-refractivity contribution in [3.8, 4) is 0 Å². The fourth-order valence-electron chi connectivity index (χ4n) is 1.62. The predicted molar refractivity (Wildman–Crippen MR) is 71.0 cm³/mol. The molecule has 0 unspecified atom stereocenters. The molecule has 5 nitrogen and oxygen atoms in total. The van der Waals surface area contributed by atoms with Crippen LogP contribution in [0.3, 0.4) is 0 Å². The monoisotopic (exact) mass is 249 g/mol. The standard InChI is InChI=1S/C13H19N3O2/c1-9-10(5-4-6-11(9)14)13(18)16-8-3-2-7-12(15)17/h4-6H,2-3,7-8,14H2,1H3,(H2,15,17)(H,16,18). The lowest BCUT2D eigenvalue weighted by molar-refractivity contribution is -0.118. The number of carbonyl (C=O) groups is 2. The van der Waals surface area contributed by atoms with Crippen molar-refractivity contribution < 1.29 is 9.59 Å². The van der Waals surface area contributed by atoms with Crippen molar-refractivity contribution in [3.63, 3.8) is 0 Å². The first-order valence-corrected chi connectivity index (χ1v) is 5.94. The molecule has 5 heteroatoms. The summed E-state index contributed by atoms with van der Waals surface area (Å²) in [6.45, 7) is 2.34. The van der Waals surface area contributed by atoms with E-state index in [2.05, 4.69) is 5.32 Å². The zero-order valence-electron chi connectivity index (χ0n) is 10.5. The molecule has 0 heterocycles. The van der Waals surface area contributed by atoms with Gasteiger partial charge in [0.25, 0.3) is 5.91 Å². The van der Waals surface area contributed by atoms with E-state index in [1.54, 1.807) is 18.2 Å². The number of hydrogen-bond acceptors (Lipinski definition) is 3. The number of unbranched alkanes of at least 4 members (excludes halogenated alkanes) is 1. The van der Waals surface area contributed by atoms with Crippen molar-refractivity contribution in [1.82, 2.24) is 5.32 Å². The number of amides is 2. The van der Waals surface area contributed by atoms with Crippen LogP contribution in [0.4, 0.5) is 5.69 Å². The Morgan fingerprint density at radius 1 is 1.28 bits per heavy atom. The maximum atomic E-state index is 11.9. The highest BCUT2D eigenvalue weighted by molar-refractivity contribution is 5.96. The van der Waals surface area contributed by atoms with E-state index in [1.165, 1.54) is 0 Å². The first-order valence-electron chi connectivity index (χ1n) is 5.94. The quantitative estimate of drug-likeness (QED) is 0.517. The minimum Gasteiger partial charge on any atom is -0.398 e. The van der Waals surface area contributed by atoms with Crippen molar-refractivity contribution in [1.29, 1.82) is 0 Å². The van der Waals surface area contributed by atoms with E-state index in [0.29, 0.717) is 30.6 Å². The van der Waals surface area contributed by atoms with Crippen molar-refractivity contribution in [3.05, 3.63) is 29.3 Å². The van der Waals surface area contributed by atoms with Gasteiger partial charge in [-0.2, -0.15) is 0 Å². The average Bonchev–Trinajstić information content (AvgIpc) is 2.31. The van der Waals surface area contributed by atoms with Crippen LogP contribution in [0.15, 0.2) is 18.2 Å². The third-order valence-corrected chi connectivity index (χ3v) is 2.76. The Kier molecular flexibility index (Phi) is 5.17. The topological polar surface area (TPSA) is 98.2 Å². The van der Waals surface area contributed by atoms with Gasteiger partial charge in [-0.3, -0.25) is 9.59 Å². The van der Waals surface area contributed by atoms with Crippen molar-refractivity contribution in [2.24, 2.45) is 5.73 Å². The van der Waals surface area contributed by atoms with E-state index >= 15 is 0 Å². The van der Waals surface area contributed by atoms with E-state index in [4.69, 9.17) is 11.5 Å². The van der Waals surface area contributed by atoms with E-state index in [1.807, 2.05) is 6.92 Å². The highest BCUT2D eigenvalue weighted by Crippen LogP contribution is 2.15. The number of nitrogens with one attached hydrogen (secondary N) is 1. The van der Waals surface area contributed by atoms with Crippen LogP contribution in [0, 0.1) is 6.92 Å². The maximum absolute atomic E-state index is 11.9. The van der Waals surface area contributed by atoms with Gasteiger partial charge in [0.2, 0.25) is 5.91 Å². The number of carbonyl (C=O) groups excluding carboxylic acids is 2. The molecule has 0 radical (unpaired) electrons. The summed E-state index contributed by atoms with van der Waals surface area (Å²) in [5.41, 5.74) is 12.7. The summed E-state index contributed by atoms with van der Waals surface area (Å²) in [4.78, 5) is 22.4. The van der Waals surface area contributed by atoms with Gasteiger partial charge in [-0.15, -0.1) is 0 Å². The molecular formula is C13H19N3O2. The molecule has 1 aromatic rings. The van der Waals surface area contributed by atoms with Gasteiger partial charge in [-0.05, 0) is 37.5 Å². The number of primary amides is 1. The summed E-state index contributed by atoms with van der Waals surface area (Å²) in [6, 6.07) is 5.26. The van der Waals surface area contributed by atoms with E-state index in [-0.39, 0.29) is 11.8 Å². The summed E-state index contributed by atoms with van der Waals surface area (Å²) >= 11 is 0. The molecular weight excluding hydrogens is 230 g/mol. The Labute approximate surface area is 107 Å². The smallest absolute Gasteiger partial charge is 0.251 e. The molecule has 0 fully saturated rings. The Hall–Kier alpha value is -2.04. The fourth-order valence-corrected chi connectivity index (χ4v) is 1.62. The number of rotatable bonds is 6. The second kappa shape index (κ2) is 6.64. The maximum Gasteiger partial charge on any atom is 0.251 e. The van der Waals surface area contributed by atoms with Crippen LogP contribution in [0.5, 0.6) is 0 Å². The Morgan fingerprint density at radius 2 is 2.00 bits per heavy atom. The molecule has 0 aliphatic rings. The van der Waals surface area contributed by atoms with Gasteiger partial charge in [-0.1, -0.05) is 6.07 Å². The lowest BCUT2D eigenvalue weighted by Crippen LogP contribution is -2.25. The molecule has 0 spiro atoms. The molecule has 5 N–H and O–H groups in total. The highest BCUT2D eigenvalue weighted by Gasteiger charge is 2.09. The Balaban J connectivity index is 2.41. The van der Waals surface area contributed by atoms with Crippen LogP contribution in [0.25, 0.3) is 0 Å². The molecule has 0 aromatic heterocycles. The normalized spacial score (nSPS) is 10.1. The summed E-state index contributed by atoms with van der Waals surface area (Å²) in [6.07, 6.45) is 1.77. The zero-order chi connectivity index (χ0) is 13.5. The van der Waals surface area contributed by atoms with Crippen molar-refractivity contribution in [2.75, 3.05) is 12.3 Å². The SMILES string of the molecule is Cc1c(N)cccc1C(=O)NCCCCC(N)=O. The molecule has 0 saturated heterocycles. The summed E-state index contributed by atoms with van der Waals surface area (Å²) in [5, 5.41) is 2.79. The van der Waals surface area contributed by atoms with Crippen LogP contribution < -0.4 is 16.8 Å². The lowest BCUT2D eigenvalue weighted by Gasteiger charge is -2.09. The number of nitrogens with two attached hydrogens (primary N) is 2. The molecule has 0 aliphatic heterocycles. The third-order valence-electron chi connectivity index (χ3n) is 2.76. The molecule has 0 aliphatic carbocycles. The molecule has 1 aromatic carbocycles. The Morgan fingerprint density at radius 3 is 2.67 bits per heavy atom. The minimum absolute atomic E-state index is 0.140. The number of anilines is 1. The second-order valence-electron chi connectivity index (χ2n) is 4.20. The average molecular weight is 249 g/mol. The fraction of sp³-hybridized carbons (Fsp3) is 0.385. The first kappa shape index (κ1) is 14.0. The van der Waals surface area contributed by atoms with Crippen LogP contribution in [0.2, 0.25) is 0 Å². The van der Waals surface area contributed by atoms with Crippen LogP contribution in [0.1, 0.15) is 35.2 Å². The highest BCUT2D eigenvalue weighted by atomic mass is 16.2. The molecule has 2 amide bonds. The van der Waals surface area contributed by atoms with Gasteiger partial charge in [0.1, 0.15) is 0 Å². The van der Waals surface area contributed by atoms with Gasteiger partial charge in [0, 0.05) is 24.2 Å². The summed E-state index contributed by atoms with van der Waals surface area (Å²) < 4.78 is 0. The van der Waals surface area contributed by atoms with Gasteiger partial charge >= 0.3 is 0 Å². The van der Waals surface area contributed by atoms with Gasteiger partial charge in [0.15, 0.2) is 0 Å². The van der Waals surface area contributed by atoms with Gasteiger partial charge < -0.3 is 16.8 Å². The zero-order valence-corrected chi connectivity index (χ0v) is 10.5. The van der Waals surface area contributed by atoms with Crippen LogP contribution >= 0.6 is 0 Å².